The normalized spacial score (nSPS) is 17.0. The predicted octanol–water partition coefficient (Wildman–Crippen LogP) is 2.21. The van der Waals surface area contributed by atoms with E-state index in [1.54, 1.807) is 19.8 Å². The number of unbranched alkanes of at least 4 members (excludes halogenated alkanes) is 1. The fraction of sp³-hybridized carbons (Fsp3) is 0.833. The van der Waals surface area contributed by atoms with Crippen LogP contribution in [0.4, 0.5) is 0 Å². The number of ether oxygens (including phenoxy) is 1. The topological polar surface area (TPSA) is 76.4 Å². The Hall–Kier alpha value is -1.63. The molecule has 25 heavy (non-hydrogen) atoms. The van der Waals surface area contributed by atoms with E-state index in [2.05, 4.69) is 27.8 Å². The van der Waals surface area contributed by atoms with Crippen molar-refractivity contribution in [2.24, 2.45) is 10.4 Å². The van der Waals surface area contributed by atoms with Gasteiger partial charge in [-0.3, -0.25) is 4.99 Å². The summed E-state index contributed by atoms with van der Waals surface area (Å²) in [5.74, 6) is 0.940. The van der Waals surface area contributed by atoms with Gasteiger partial charge in [0, 0.05) is 39.9 Å². The van der Waals surface area contributed by atoms with Crippen molar-refractivity contribution >= 4 is 5.96 Å². The minimum absolute atomic E-state index is 0.340. The van der Waals surface area contributed by atoms with Gasteiger partial charge < -0.3 is 19.9 Å². The van der Waals surface area contributed by atoms with Crippen molar-refractivity contribution in [2.45, 2.75) is 58.4 Å². The van der Waals surface area contributed by atoms with Gasteiger partial charge in [-0.25, -0.2) is 0 Å². The molecule has 7 heteroatoms. The average Bonchev–Trinajstić information content (AvgIpc) is 3.30. The summed E-state index contributed by atoms with van der Waals surface area (Å²) in [7, 11) is 1.79. The Morgan fingerprint density at radius 1 is 1.20 bits per heavy atom. The number of hydrogen-bond acceptors (Lipinski definition) is 4. The second-order valence-electron chi connectivity index (χ2n) is 6.98. The summed E-state index contributed by atoms with van der Waals surface area (Å²) in [6.07, 6.45) is 12.0. The van der Waals surface area contributed by atoms with Gasteiger partial charge in [-0.2, -0.15) is 0 Å². The molecule has 2 rings (SSSR count). The summed E-state index contributed by atoms with van der Waals surface area (Å²) < 4.78 is 7.33. The van der Waals surface area contributed by atoms with Crippen molar-refractivity contribution in [3.05, 3.63) is 12.7 Å². The van der Waals surface area contributed by atoms with Crippen molar-refractivity contribution in [1.29, 1.82) is 0 Å². The average molecular weight is 351 g/mol. The molecule has 0 spiro atoms. The third-order valence-corrected chi connectivity index (χ3v) is 5.02. The van der Waals surface area contributed by atoms with Crippen LogP contribution in [0.2, 0.25) is 0 Å². The van der Waals surface area contributed by atoms with Crippen LogP contribution in [-0.2, 0) is 11.3 Å². The first kappa shape index (κ1) is 19.7. The molecule has 2 N–H and O–H groups in total. The van der Waals surface area contributed by atoms with Crippen LogP contribution < -0.4 is 10.6 Å². The zero-order chi connectivity index (χ0) is 17.8. The number of hydrogen-bond donors (Lipinski definition) is 2. The zero-order valence-electron chi connectivity index (χ0n) is 15.8. The Kier molecular flexibility index (Phi) is 8.72. The van der Waals surface area contributed by atoms with Crippen LogP contribution in [0, 0.1) is 5.41 Å². The van der Waals surface area contributed by atoms with Crippen LogP contribution in [0.1, 0.15) is 51.9 Å². The monoisotopic (exact) mass is 350 g/mol. The molecule has 1 aliphatic rings. The molecule has 142 valence electrons. The highest BCUT2D eigenvalue weighted by molar-refractivity contribution is 5.79. The molecule has 1 aliphatic carbocycles. The van der Waals surface area contributed by atoms with Crippen molar-refractivity contribution < 1.29 is 4.74 Å². The summed E-state index contributed by atoms with van der Waals surface area (Å²) in [6, 6.07) is 0. The Labute approximate surface area is 151 Å². The van der Waals surface area contributed by atoms with Gasteiger partial charge in [0.1, 0.15) is 12.7 Å². The molecular weight excluding hydrogens is 316 g/mol. The Balaban J connectivity index is 1.74. The zero-order valence-corrected chi connectivity index (χ0v) is 15.8. The second-order valence-corrected chi connectivity index (χ2v) is 6.98. The van der Waals surface area contributed by atoms with Crippen molar-refractivity contribution in [3.63, 3.8) is 0 Å². The Morgan fingerprint density at radius 3 is 2.64 bits per heavy atom. The molecule has 0 aliphatic heterocycles. The highest BCUT2D eigenvalue weighted by atomic mass is 16.5. The van der Waals surface area contributed by atoms with Gasteiger partial charge in [-0.05, 0) is 44.4 Å². The molecule has 1 aromatic rings. The van der Waals surface area contributed by atoms with E-state index in [0.29, 0.717) is 5.41 Å². The summed E-state index contributed by atoms with van der Waals surface area (Å²) in [5.41, 5.74) is 0.340. The van der Waals surface area contributed by atoms with Crippen molar-refractivity contribution in [1.82, 2.24) is 25.4 Å². The maximum atomic E-state index is 5.31. The van der Waals surface area contributed by atoms with Crippen LogP contribution in [-0.4, -0.2) is 54.1 Å². The summed E-state index contributed by atoms with van der Waals surface area (Å²) in [4.78, 5) is 4.88. The lowest BCUT2D eigenvalue weighted by atomic mass is 9.83. The van der Waals surface area contributed by atoms with Gasteiger partial charge in [-0.1, -0.05) is 12.8 Å². The molecule has 0 atom stereocenters. The third kappa shape index (κ3) is 7.02. The number of methoxy groups -OCH3 is 1. The Morgan fingerprint density at radius 2 is 1.96 bits per heavy atom. The quantitative estimate of drug-likeness (QED) is 0.363. The van der Waals surface area contributed by atoms with E-state index in [0.717, 1.165) is 58.0 Å². The van der Waals surface area contributed by atoms with Gasteiger partial charge in [0.15, 0.2) is 5.96 Å². The molecule has 1 fully saturated rings. The molecule has 0 bridgehead atoms. The number of aliphatic imine (C=N–C) groups is 1. The lowest BCUT2D eigenvalue weighted by Crippen LogP contribution is -2.39. The smallest absolute Gasteiger partial charge is 0.191 e. The molecule has 0 saturated heterocycles. The van der Waals surface area contributed by atoms with Gasteiger partial charge >= 0.3 is 0 Å². The SMILES string of the molecule is CCNC(=NCC1(CCOC)CCCC1)NCCCCn1cnnc1. The van der Waals surface area contributed by atoms with E-state index in [4.69, 9.17) is 9.73 Å². The van der Waals surface area contributed by atoms with Crippen molar-refractivity contribution in [2.75, 3.05) is 33.4 Å². The van der Waals surface area contributed by atoms with Crippen molar-refractivity contribution in [3.8, 4) is 0 Å². The number of guanidine groups is 1. The maximum Gasteiger partial charge on any atom is 0.191 e. The number of rotatable bonds is 11. The van der Waals surface area contributed by atoms with Crippen LogP contribution in [0.3, 0.4) is 0 Å². The molecular formula is C18H34N6O. The standard InChI is InChI=1S/C18H34N6O/c1-3-19-17(20-11-6-7-12-24-15-22-23-16-24)21-14-18(10-13-25-2)8-4-5-9-18/h15-16H,3-14H2,1-2H3,(H2,19,20,21). The van der Waals surface area contributed by atoms with Gasteiger partial charge in [-0.15, -0.1) is 10.2 Å². The first-order valence-corrected chi connectivity index (χ1v) is 9.61. The number of aryl methyl sites for hydroxylation is 1. The van der Waals surface area contributed by atoms with E-state index in [1.807, 2.05) is 4.57 Å². The minimum Gasteiger partial charge on any atom is -0.385 e. The highest BCUT2D eigenvalue weighted by Gasteiger charge is 2.33. The first-order valence-electron chi connectivity index (χ1n) is 9.61. The van der Waals surface area contributed by atoms with Crippen LogP contribution >= 0.6 is 0 Å². The van der Waals surface area contributed by atoms with Gasteiger partial charge in [0.05, 0.1) is 0 Å². The largest absolute Gasteiger partial charge is 0.385 e. The molecule has 0 radical (unpaired) electrons. The first-order chi connectivity index (χ1) is 12.3. The molecule has 1 heterocycles. The highest BCUT2D eigenvalue weighted by Crippen LogP contribution is 2.41. The van der Waals surface area contributed by atoms with E-state index in [9.17, 15) is 0 Å². The molecule has 0 aromatic carbocycles. The third-order valence-electron chi connectivity index (χ3n) is 5.02. The number of nitrogens with one attached hydrogen (secondary N) is 2. The lowest BCUT2D eigenvalue weighted by Gasteiger charge is -2.27. The van der Waals surface area contributed by atoms with Gasteiger partial charge in [0.2, 0.25) is 0 Å². The van der Waals surface area contributed by atoms with E-state index in [1.165, 1.54) is 25.7 Å². The van der Waals surface area contributed by atoms with E-state index < -0.39 is 0 Å². The molecule has 1 saturated carbocycles. The fourth-order valence-corrected chi connectivity index (χ4v) is 3.48. The predicted molar refractivity (Wildman–Crippen MR) is 101 cm³/mol. The molecule has 0 unspecified atom stereocenters. The van der Waals surface area contributed by atoms with Gasteiger partial charge in [0.25, 0.3) is 0 Å². The lowest BCUT2D eigenvalue weighted by molar-refractivity contribution is 0.141. The van der Waals surface area contributed by atoms with Crippen LogP contribution in [0.5, 0.6) is 0 Å². The molecule has 7 nitrogen and oxygen atoms in total. The van der Waals surface area contributed by atoms with E-state index in [-0.39, 0.29) is 0 Å². The number of aromatic nitrogens is 3. The van der Waals surface area contributed by atoms with E-state index >= 15 is 0 Å². The second kappa shape index (κ2) is 11.1. The summed E-state index contributed by atoms with van der Waals surface area (Å²) in [6.45, 7) is 6.62. The van der Waals surface area contributed by atoms with Crippen LogP contribution in [0.25, 0.3) is 0 Å². The fourth-order valence-electron chi connectivity index (χ4n) is 3.48. The molecule has 1 aromatic heterocycles. The Bertz CT molecular complexity index is 482. The summed E-state index contributed by atoms with van der Waals surface area (Å²) in [5, 5.41) is 14.5. The minimum atomic E-state index is 0.340. The molecule has 0 amide bonds. The number of nitrogens with zero attached hydrogens (tertiary/aromatic N) is 4. The van der Waals surface area contributed by atoms with Crippen LogP contribution in [0.15, 0.2) is 17.6 Å². The maximum absolute atomic E-state index is 5.31. The summed E-state index contributed by atoms with van der Waals surface area (Å²) >= 11 is 0.